The van der Waals surface area contributed by atoms with E-state index in [9.17, 15) is 18.0 Å². The lowest BCUT2D eigenvalue weighted by Gasteiger charge is -2.08. The standard InChI is InChI=1S/C9H7ClF3NO2/c10-3-5-6(11)1-4(2-7(15)16)14-8(5)9(12)13/h1,9H,2-3H2,(H,15,16). The summed E-state index contributed by atoms with van der Waals surface area (Å²) in [4.78, 5) is 13.7. The van der Waals surface area contributed by atoms with Crippen LogP contribution in [0.3, 0.4) is 0 Å². The molecule has 88 valence electrons. The van der Waals surface area contributed by atoms with Gasteiger partial charge in [0.05, 0.1) is 18.0 Å². The molecule has 1 rings (SSSR count). The van der Waals surface area contributed by atoms with Gasteiger partial charge in [0.15, 0.2) is 0 Å². The smallest absolute Gasteiger partial charge is 0.309 e. The quantitative estimate of drug-likeness (QED) is 0.839. The van der Waals surface area contributed by atoms with Crippen LogP contribution in [0.4, 0.5) is 13.2 Å². The molecule has 1 aromatic heterocycles. The third-order valence-electron chi connectivity index (χ3n) is 1.83. The maximum absolute atomic E-state index is 13.3. The monoisotopic (exact) mass is 253 g/mol. The first-order chi connectivity index (χ1) is 7.45. The number of hydrogen-bond acceptors (Lipinski definition) is 2. The third kappa shape index (κ3) is 2.85. The molecule has 0 saturated heterocycles. The second kappa shape index (κ2) is 5.16. The van der Waals surface area contributed by atoms with E-state index >= 15 is 0 Å². The summed E-state index contributed by atoms with van der Waals surface area (Å²) in [5, 5.41) is 8.44. The minimum atomic E-state index is -2.99. The highest BCUT2D eigenvalue weighted by molar-refractivity contribution is 6.17. The van der Waals surface area contributed by atoms with Crippen molar-refractivity contribution in [2.45, 2.75) is 18.7 Å². The van der Waals surface area contributed by atoms with Crippen LogP contribution in [0.2, 0.25) is 0 Å². The molecule has 0 bridgehead atoms. The first-order valence-corrected chi connectivity index (χ1v) is 4.73. The van der Waals surface area contributed by atoms with Gasteiger partial charge < -0.3 is 5.11 Å². The number of carboxylic acid groups (broad SMARTS) is 1. The topological polar surface area (TPSA) is 50.2 Å². The molecule has 3 nitrogen and oxygen atoms in total. The van der Waals surface area contributed by atoms with Crippen molar-refractivity contribution in [1.82, 2.24) is 4.98 Å². The van der Waals surface area contributed by atoms with Crippen molar-refractivity contribution in [2.75, 3.05) is 0 Å². The Morgan fingerprint density at radius 1 is 1.56 bits per heavy atom. The number of aliphatic carboxylic acids is 1. The average Bonchev–Trinajstić information content (AvgIpc) is 2.15. The maximum atomic E-state index is 13.3. The molecule has 0 unspecified atom stereocenters. The second-order valence-electron chi connectivity index (χ2n) is 2.96. The Morgan fingerprint density at radius 3 is 2.62 bits per heavy atom. The molecule has 0 fully saturated rings. The highest BCUT2D eigenvalue weighted by Gasteiger charge is 2.20. The molecule has 0 radical (unpaired) electrons. The zero-order valence-corrected chi connectivity index (χ0v) is 8.64. The Bertz CT molecular complexity index is 412. The molecule has 0 atom stereocenters. The van der Waals surface area contributed by atoms with E-state index in [4.69, 9.17) is 16.7 Å². The van der Waals surface area contributed by atoms with Gasteiger partial charge in [0.25, 0.3) is 6.43 Å². The van der Waals surface area contributed by atoms with Gasteiger partial charge in [-0.05, 0) is 6.07 Å². The minimum Gasteiger partial charge on any atom is -0.481 e. The number of nitrogens with zero attached hydrogens (tertiary/aromatic N) is 1. The van der Waals surface area contributed by atoms with Gasteiger partial charge in [-0.15, -0.1) is 11.6 Å². The van der Waals surface area contributed by atoms with Crippen LogP contribution in [0.1, 0.15) is 23.4 Å². The zero-order valence-electron chi connectivity index (χ0n) is 7.88. The lowest BCUT2D eigenvalue weighted by molar-refractivity contribution is -0.136. The van der Waals surface area contributed by atoms with E-state index in [0.29, 0.717) is 0 Å². The van der Waals surface area contributed by atoms with E-state index in [-0.39, 0.29) is 5.69 Å². The van der Waals surface area contributed by atoms with Crippen LogP contribution >= 0.6 is 11.6 Å². The molecule has 1 heterocycles. The number of alkyl halides is 3. The number of carbonyl (C=O) groups is 1. The van der Waals surface area contributed by atoms with Crippen LogP contribution in [0.5, 0.6) is 0 Å². The molecule has 0 aliphatic carbocycles. The fourth-order valence-electron chi connectivity index (χ4n) is 1.17. The fourth-order valence-corrected chi connectivity index (χ4v) is 1.43. The summed E-state index contributed by atoms with van der Waals surface area (Å²) < 4.78 is 38.2. The lowest BCUT2D eigenvalue weighted by Crippen LogP contribution is -2.08. The largest absolute Gasteiger partial charge is 0.481 e. The molecule has 1 aromatic rings. The predicted molar refractivity (Wildman–Crippen MR) is 50.0 cm³/mol. The molecule has 16 heavy (non-hydrogen) atoms. The van der Waals surface area contributed by atoms with Crippen LogP contribution < -0.4 is 0 Å². The lowest BCUT2D eigenvalue weighted by atomic mass is 10.1. The maximum Gasteiger partial charge on any atom is 0.309 e. The second-order valence-corrected chi connectivity index (χ2v) is 3.23. The van der Waals surface area contributed by atoms with Crippen molar-refractivity contribution >= 4 is 17.6 Å². The molecule has 0 amide bonds. The van der Waals surface area contributed by atoms with Crippen molar-refractivity contribution in [1.29, 1.82) is 0 Å². The van der Waals surface area contributed by atoms with Gasteiger partial charge in [-0.3, -0.25) is 9.78 Å². The van der Waals surface area contributed by atoms with Crippen molar-refractivity contribution in [3.8, 4) is 0 Å². The number of hydrogen-bond donors (Lipinski definition) is 1. The molecule has 7 heteroatoms. The number of rotatable bonds is 4. The van der Waals surface area contributed by atoms with Crippen molar-refractivity contribution in [3.63, 3.8) is 0 Å². The molecule has 0 saturated carbocycles. The van der Waals surface area contributed by atoms with Gasteiger partial charge in [-0.1, -0.05) is 0 Å². The Kier molecular flexibility index (Phi) is 4.12. The molecule has 0 aromatic carbocycles. The Balaban J connectivity index is 3.22. The van der Waals surface area contributed by atoms with E-state index in [2.05, 4.69) is 4.98 Å². The predicted octanol–water partition coefficient (Wildman–Crippen LogP) is 2.52. The summed E-state index contributed by atoms with van der Waals surface area (Å²) in [6.07, 6.45) is -3.60. The van der Waals surface area contributed by atoms with Crippen LogP contribution in [0.15, 0.2) is 6.07 Å². The van der Waals surface area contributed by atoms with Crippen LogP contribution in [0.25, 0.3) is 0 Å². The van der Waals surface area contributed by atoms with Crippen LogP contribution in [0, 0.1) is 5.82 Å². The minimum absolute atomic E-state index is 0.255. The normalized spacial score (nSPS) is 10.8. The van der Waals surface area contributed by atoms with E-state index in [1.54, 1.807) is 0 Å². The summed E-state index contributed by atoms with van der Waals surface area (Å²) in [7, 11) is 0. The third-order valence-corrected chi connectivity index (χ3v) is 2.09. The van der Waals surface area contributed by atoms with Gasteiger partial charge in [0.2, 0.25) is 0 Å². The van der Waals surface area contributed by atoms with E-state index in [1.807, 2.05) is 0 Å². The van der Waals surface area contributed by atoms with Gasteiger partial charge in [0.1, 0.15) is 11.5 Å². The van der Waals surface area contributed by atoms with Gasteiger partial charge in [-0.25, -0.2) is 13.2 Å². The zero-order chi connectivity index (χ0) is 12.3. The average molecular weight is 254 g/mol. The summed E-state index contributed by atoms with van der Waals surface area (Å²) in [6, 6.07) is 0.803. The van der Waals surface area contributed by atoms with Crippen LogP contribution in [-0.2, 0) is 17.1 Å². The SMILES string of the molecule is O=C(O)Cc1cc(F)c(CCl)c(C(F)F)n1. The van der Waals surface area contributed by atoms with Crippen LogP contribution in [-0.4, -0.2) is 16.1 Å². The Morgan fingerprint density at radius 2 is 2.19 bits per heavy atom. The van der Waals surface area contributed by atoms with E-state index in [0.717, 1.165) is 6.07 Å². The fraction of sp³-hybridized carbons (Fsp3) is 0.333. The molecular formula is C9H7ClF3NO2. The van der Waals surface area contributed by atoms with Crippen molar-refractivity contribution in [2.24, 2.45) is 0 Å². The number of halogens is 4. The molecule has 0 aliphatic rings. The van der Waals surface area contributed by atoms with Gasteiger partial charge in [0, 0.05) is 5.56 Å². The highest BCUT2D eigenvalue weighted by Crippen LogP contribution is 2.25. The summed E-state index contributed by atoms with van der Waals surface area (Å²) >= 11 is 5.31. The molecular weight excluding hydrogens is 247 g/mol. The Labute approximate surface area is 93.9 Å². The summed E-state index contributed by atoms with van der Waals surface area (Å²) in [5.41, 5.74) is -1.45. The van der Waals surface area contributed by atoms with E-state index in [1.165, 1.54) is 0 Å². The summed E-state index contributed by atoms with van der Waals surface area (Å²) in [6.45, 7) is 0. The number of aromatic nitrogens is 1. The number of pyridine rings is 1. The molecule has 0 aliphatic heterocycles. The number of carboxylic acids is 1. The summed E-state index contributed by atoms with van der Waals surface area (Å²) in [5.74, 6) is -2.67. The first-order valence-electron chi connectivity index (χ1n) is 4.19. The van der Waals surface area contributed by atoms with Crippen molar-refractivity contribution < 1.29 is 23.1 Å². The first kappa shape index (κ1) is 12.8. The van der Waals surface area contributed by atoms with Crippen molar-refractivity contribution in [3.05, 3.63) is 28.8 Å². The Hall–Kier alpha value is -1.30. The van der Waals surface area contributed by atoms with E-state index < -0.39 is 41.8 Å². The highest BCUT2D eigenvalue weighted by atomic mass is 35.5. The van der Waals surface area contributed by atoms with Gasteiger partial charge in [-0.2, -0.15) is 0 Å². The molecule has 1 N–H and O–H groups in total. The van der Waals surface area contributed by atoms with Gasteiger partial charge >= 0.3 is 5.97 Å². The molecule has 0 spiro atoms.